The zero-order valence-electron chi connectivity index (χ0n) is 15.6. The third-order valence-corrected chi connectivity index (χ3v) is 4.75. The Balaban J connectivity index is 1.69. The molecule has 3 rings (SSSR count). The summed E-state index contributed by atoms with van der Waals surface area (Å²) in [6.07, 6.45) is 7.09. The summed E-state index contributed by atoms with van der Waals surface area (Å²) in [5, 5.41) is 0. The molecule has 3 heteroatoms. The van der Waals surface area contributed by atoms with Crippen LogP contribution < -0.4 is 9.47 Å². The number of allylic oxidation sites excluding steroid dienone is 1. The number of hydrogen-bond donors (Lipinski definition) is 0. The van der Waals surface area contributed by atoms with Crippen molar-refractivity contribution in [2.45, 2.75) is 39.0 Å². The van der Waals surface area contributed by atoms with E-state index in [1.165, 1.54) is 12.8 Å². The topological polar surface area (TPSA) is 35.5 Å². The van der Waals surface area contributed by atoms with Crippen LogP contribution in [0.5, 0.6) is 11.5 Å². The van der Waals surface area contributed by atoms with Gasteiger partial charge in [0.05, 0.1) is 13.7 Å². The Bertz CT molecular complexity index is 788. The number of hydrogen-bond acceptors (Lipinski definition) is 3. The number of benzene rings is 2. The van der Waals surface area contributed by atoms with Crippen LogP contribution in [0.25, 0.3) is 6.08 Å². The summed E-state index contributed by atoms with van der Waals surface area (Å²) >= 11 is 0. The number of fused-ring (bicyclic) bond motifs is 1. The van der Waals surface area contributed by atoms with Crippen LogP contribution in [-0.4, -0.2) is 19.5 Å². The molecule has 0 unspecified atom stereocenters. The highest BCUT2D eigenvalue weighted by atomic mass is 16.5. The highest BCUT2D eigenvalue weighted by Gasteiger charge is 2.22. The molecule has 0 aliphatic heterocycles. The maximum absolute atomic E-state index is 12.8. The quantitative estimate of drug-likeness (QED) is 0.490. The van der Waals surface area contributed by atoms with Gasteiger partial charge in [0.2, 0.25) is 0 Å². The molecule has 1 aliphatic rings. The molecule has 2 aromatic rings. The number of rotatable bonds is 7. The molecule has 0 atom stereocenters. The van der Waals surface area contributed by atoms with E-state index in [4.69, 9.17) is 9.47 Å². The molecule has 0 N–H and O–H groups in total. The van der Waals surface area contributed by atoms with Crippen molar-refractivity contribution in [2.24, 2.45) is 0 Å². The Labute approximate surface area is 155 Å². The molecule has 0 spiro atoms. The van der Waals surface area contributed by atoms with Crippen molar-refractivity contribution in [3.63, 3.8) is 0 Å². The van der Waals surface area contributed by atoms with Crippen molar-refractivity contribution in [2.75, 3.05) is 13.7 Å². The fourth-order valence-corrected chi connectivity index (χ4v) is 3.22. The average molecular weight is 350 g/mol. The van der Waals surface area contributed by atoms with E-state index in [1.807, 2.05) is 48.5 Å². The first kappa shape index (κ1) is 18.2. The number of carbonyl (C=O) groups is 1. The molecule has 0 radical (unpaired) electrons. The molecule has 0 aromatic heterocycles. The lowest BCUT2D eigenvalue weighted by atomic mass is 9.86. The van der Waals surface area contributed by atoms with Crippen LogP contribution in [0.1, 0.15) is 54.1 Å². The summed E-state index contributed by atoms with van der Waals surface area (Å²) in [5.74, 6) is 1.81. The standard InChI is InChI=1S/C23H26O3/c1-3-4-5-14-26-20-10-6-17(7-11-20)15-19-9-8-18-16-21(25-2)12-13-22(18)23(19)24/h6-7,10-13,15-16H,3-5,8-9,14H2,1-2H3. The molecular formula is C23H26O3. The second-order valence-corrected chi connectivity index (χ2v) is 6.65. The molecule has 0 saturated carbocycles. The van der Waals surface area contributed by atoms with Crippen LogP contribution in [0.2, 0.25) is 0 Å². The Morgan fingerprint density at radius 1 is 1.00 bits per heavy atom. The Kier molecular flexibility index (Phi) is 6.11. The van der Waals surface area contributed by atoms with Gasteiger partial charge in [-0.05, 0) is 66.8 Å². The maximum Gasteiger partial charge on any atom is 0.189 e. The van der Waals surface area contributed by atoms with Crippen molar-refractivity contribution in [3.8, 4) is 11.5 Å². The molecule has 0 fully saturated rings. The molecule has 2 aromatic carbocycles. The van der Waals surface area contributed by atoms with Gasteiger partial charge in [-0.1, -0.05) is 31.9 Å². The SMILES string of the molecule is CCCCCOc1ccc(C=C2CCc3cc(OC)ccc3C2=O)cc1. The van der Waals surface area contributed by atoms with Crippen LogP contribution in [0, 0.1) is 0 Å². The number of methoxy groups -OCH3 is 1. The van der Waals surface area contributed by atoms with E-state index >= 15 is 0 Å². The number of carbonyl (C=O) groups excluding carboxylic acids is 1. The van der Waals surface area contributed by atoms with Gasteiger partial charge in [0.25, 0.3) is 0 Å². The van der Waals surface area contributed by atoms with E-state index in [9.17, 15) is 4.79 Å². The van der Waals surface area contributed by atoms with Crippen LogP contribution in [-0.2, 0) is 6.42 Å². The highest BCUT2D eigenvalue weighted by molar-refractivity contribution is 6.13. The van der Waals surface area contributed by atoms with E-state index in [-0.39, 0.29) is 5.78 Å². The Morgan fingerprint density at radius 3 is 2.50 bits per heavy atom. The van der Waals surface area contributed by atoms with Crippen LogP contribution in [0.3, 0.4) is 0 Å². The van der Waals surface area contributed by atoms with Crippen molar-refractivity contribution < 1.29 is 14.3 Å². The lowest BCUT2D eigenvalue weighted by molar-refractivity contribution is 0.102. The second-order valence-electron chi connectivity index (χ2n) is 6.65. The van der Waals surface area contributed by atoms with Crippen molar-refractivity contribution in [1.29, 1.82) is 0 Å². The second kappa shape index (κ2) is 8.70. The number of ketones is 1. The fourth-order valence-electron chi connectivity index (χ4n) is 3.22. The van der Waals surface area contributed by atoms with Crippen molar-refractivity contribution in [3.05, 3.63) is 64.7 Å². The molecule has 26 heavy (non-hydrogen) atoms. The first-order chi connectivity index (χ1) is 12.7. The molecule has 136 valence electrons. The lowest BCUT2D eigenvalue weighted by Crippen LogP contribution is -2.14. The third kappa shape index (κ3) is 4.34. The van der Waals surface area contributed by atoms with Gasteiger partial charge in [-0.3, -0.25) is 4.79 Å². The zero-order valence-corrected chi connectivity index (χ0v) is 15.6. The van der Waals surface area contributed by atoms with E-state index in [1.54, 1.807) is 7.11 Å². The van der Waals surface area contributed by atoms with Gasteiger partial charge in [0.15, 0.2) is 5.78 Å². The molecule has 0 saturated heterocycles. The minimum absolute atomic E-state index is 0.119. The number of Topliss-reactive ketones (excluding diaryl/α,β-unsaturated/α-hetero) is 1. The van der Waals surface area contributed by atoms with Gasteiger partial charge >= 0.3 is 0 Å². The van der Waals surface area contributed by atoms with E-state index in [0.717, 1.165) is 59.6 Å². The smallest absolute Gasteiger partial charge is 0.189 e. The summed E-state index contributed by atoms with van der Waals surface area (Å²) in [4.78, 5) is 12.8. The van der Waals surface area contributed by atoms with Gasteiger partial charge in [-0.25, -0.2) is 0 Å². The molecule has 0 amide bonds. The highest BCUT2D eigenvalue weighted by Crippen LogP contribution is 2.29. The molecule has 3 nitrogen and oxygen atoms in total. The first-order valence-electron chi connectivity index (χ1n) is 9.36. The molecule has 1 aliphatic carbocycles. The number of aryl methyl sites for hydroxylation is 1. The van der Waals surface area contributed by atoms with E-state index < -0.39 is 0 Å². The third-order valence-electron chi connectivity index (χ3n) is 4.75. The summed E-state index contributed by atoms with van der Waals surface area (Å²) < 4.78 is 11.0. The van der Waals surface area contributed by atoms with Gasteiger partial charge in [-0.15, -0.1) is 0 Å². The van der Waals surface area contributed by atoms with E-state index in [0.29, 0.717) is 0 Å². The number of ether oxygens (including phenoxy) is 2. The first-order valence-corrected chi connectivity index (χ1v) is 9.36. The van der Waals surface area contributed by atoms with E-state index in [2.05, 4.69) is 6.92 Å². The van der Waals surface area contributed by atoms with Crippen LogP contribution in [0.4, 0.5) is 0 Å². The summed E-state index contributed by atoms with van der Waals surface area (Å²) in [7, 11) is 1.65. The minimum Gasteiger partial charge on any atom is -0.497 e. The maximum atomic E-state index is 12.8. The summed E-state index contributed by atoms with van der Waals surface area (Å²) in [6.45, 7) is 2.94. The predicted molar refractivity (Wildman–Crippen MR) is 105 cm³/mol. The Morgan fingerprint density at radius 2 is 1.77 bits per heavy atom. The van der Waals surface area contributed by atoms with Gasteiger partial charge in [-0.2, -0.15) is 0 Å². The largest absolute Gasteiger partial charge is 0.497 e. The Hall–Kier alpha value is -2.55. The van der Waals surface area contributed by atoms with Crippen LogP contribution in [0.15, 0.2) is 48.0 Å². The number of unbranched alkanes of at least 4 members (excludes halogenated alkanes) is 2. The fraction of sp³-hybridized carbons (Fsp3) is 0.348. The van der Waals surface area contributed by atoms with Gasteiger partial charge in [0.1, 0.15) is 11.5 Å². The van der Waals surface area contributed by atoms with Crippen molar-refractivity contribution in [1.82, 2.24) is 0 Å². The summed E-state index contributed by atoms with van der Waals surface area (Å²) in [6, 6.07) is 13.7. The van der Waals surface area contributed by atoms with Gasteiger partial charge < -0.3 is 9.47 Å². The molecule has 0 heterocycles. The van der Waals surface area contributed by atoms with Crippen LogP contribution >= 0.6 is 0 Å². The molecule has 0 bridgehead atoms. The van der Waals surface area contributed by atoms with Gasteiger partial charge in [0, 0.05) is 11.1 Å². The zero-order chi connectivity index (χ0) is 18.4. The normalized spacial score (nSPS) is 15.0. The minimum atomic E-state index is 0.119. The monoisotopic (exact) mass is 350 g/mol. The summed E-state index contributed by atoms with van der Waals surface area (Å²) in [5.41, 5.74) is 3.76. The average Bonchev–Trinajstić information content (AvgIpc) is 2.68. The predicted octanol–water partition coefficient (Wildman–Crippen LogP) is 5.48. The van der Waals surface area contributed by atoms with Crippen molar-refractivity contribution >= 4 is 11.9 Å². The lowest BCUT2D eigenvalue weighted by Gasteiger charge is -2.18. The molecular weight excluding hydrogens is 324 g/mol.